The molecule has 1 aromatic rings. The van der Waals surface area contributed by atoms with Gasteiger partial charge in [0.15, 0.2) is 6.54 Å². The van der Waals surface area contributed by atoms with E-state index in [1.54, 1.807) is 6.92 Å². The average molecular weight is 366 g/mol. The van der Waals surface area contributed by atoms with Gasteiger partial charge in [-0.15, -0.1) is 0 Å². The summed E-state index contributed by atoms with van der Waals surface area (Å²) in [7, 11) is 0. The number of aryl methyl sites for hydroxylation is 1. The lowest BCUT2D eigenvalue weighted by molar-refractivity contribution is -0.904. The molecule has 1 unspecified atom stereocenters. The summed E-state index contributed by atoms with van der Waals surface area (Å²) in [6.45, 7) is 9.80. The molecular weight excluding hydrogens is 338 g/mol. The van der Waals surface area contributed by atoms with Crippen LogP contribution in [0.4, 0.5) is 5.88 Å². The minimum absolute atomic E-state index is 0.0396. The Kier molecular flexibility index (Phi) is 6.42. The van der Waals surface area contributed by atoms with Crippen molar-refractivity contribution in [3.05, 3.63) is 16.9 Å². The lowest BCUT2D eigenvalue weighted by Gasteiger charge is -2.31. The van der Waals surface area contributed by atoms with Crippen LogP contribution in [0.2, 0.25) is 0 Å². The predicted molar refractivity (Wildman–Crippen MR) is 95.1 cm³/mol. The van der Waals surface area contributed by atoms with Gasteiger partial charge in [-0.2, -0.15) is 0 Å². The normalized spacial score (nSPS) is 22.7. The number of piperidine rings is 1. The number of hydrogen-bond acceptors (Lipinski definition) is 5. The van der Waals surface area contributed by atoms with Crippen molar-refractivity contribution in [3.63, 3.8) is 0 Å². The zero-order chi connectivity index (χ0) is 19.4. The Labute approximate surface area is 153 Å². The lowest BCUT2D eigenvalue weighted by Crippen LogP contribution is -3.15. The van der Waals surface area contributed by atoms with Crippen molar-refractivity contribution >= 4 is 23.7 Å². The molecule has 1 aliphatic heterocycles. The topological polar surface area (TPSA) is 116 Å². The number of amides is 2. The van der Waals surface area contributed by atoms with Gasteiger partial charge in [0.1, 0.15) is 16.9 Å². The molecule has 144 valence electrons. The Morgan fingerprint density at radius 2 is 1.85 bits per heavy atom. The van der Waals surface area contributed by atoms with E-state index in [1.165, 1.54) is 11.8 Å². The van der Waals surface area contributed by atoms with Crippen LogP contribution in [0.15, 0.2) is 4.42 Å². The van der Waals surface area contributed by atoms with Gasteiger partial charge in [0.2, 0.25) is 5.88 Å². The zero-order valence-corrected chi connectivity index (χ0v) is 15.8. The fraction of sp³-hybridized carbons (Fsp3) is 0.611. The molecular formula is C18H28N3O5+. The molecule has 0 spiro atoms. The van der Waals surface area contributed by atoms with E-state index in [2.05, 4.69) is 19.2 Å². The Morgan fingerprint density at radius 1 is 1.23 bits per heavy atom. The van der Waals surface area contributed by atoms with Crippen LogP contribution in [0.5, 0.6) is 0 Å². The number of rotatable bonds is 6. The number of carbonyl (C=O) groups is 3. The van der Waals surface area contributed by atoms with E-state index in [0.29, 0.717) is 11.8 Å². The third kappa shape index (κ3) is 4.63. The molecule has 2 rings (SSSR count). The second kappa shape index (κ2) is 8.35. The Bertz CT molecular complexity index is 687. The van der Waals surface area contributed by atoms with Gasteiger partial charge in [0.25, 0.3) is 11.8 Å². The number of nitrogens with two attached hydrogens (primary N) is 1. The number of primary amides is 1. The van der Waals surface area contributed by atoms with Crippen LogP contribution < -0.4 is 16.0 Å². The Balaban J connectivity index is 2.15. The number of nitrogens with one attached hydrogen (secondary N) is 2. The van der Waals surface area contributed by atoms with Crippen molar-refractivity contribution in [1.82, 2.24) is 0 Å². The van der Waals surface area contributed by atoms with Crippen LogP contribution in [0, 0.1) is 18.8 Å². The Hall–Kier alpha value is -2.35. The number of likely N-dealkylation sites (tertiary alicyclic amines) is 1. The summed E-state index contributed by atoms with van der Waals surface area (Å²) in [6, 6.07) is 0. The third-order valence-corrected chi connectivity index (χ3v) is 4.55. The largest absolute Gasteiger partial charge is 0.462 e. The summed E-state index contributed by atoms with van der Waals surface area (Å²) < 4.78 is 10.4. The summed E-state index contributed by atoms with van der Waals surface area (Å²) in [5.41, 5.74) is 5.21. The van der Waals surface area contributed by atoms with Crippen molar-refractivity contribution in [2.45, 2.75) is 34.1 Å². The van der Waals surface area contributed by atoms with Crippen molar-refractivity contribution in [1.29, 1.82) is 0 Å². The van der Waals surface area contributed by atoms with Crippen molar-refractivity contribution in [2.24, 2.45) is 17.6 Å². The number of quaternary nitrogens is 1. The zero-order valence-electron chi connectivity index (χ0n) is 15.8. The van der Waals surface area contributed by atoms with Crippen molar-refractivity contribution in [2.75, 3.05) is 31.6 Å². The maximum atomic E-state index is 12.4. The molecule has 4 N–H and O–H groups in total. The second-order valence-electron chi connectivity index (χ2n) is 7.15. The Morgan fingerprint density at radius 3 is 2.38 bits per heavy atom. The van der Waals surface area contributed by atoms with Crippen LogP contribution in [0.25, 0.3) is 0 Å². The highest BCUT2D eigenvalue weighted by atomic mass is 16.5. The van der Waals surface area contributed by atoms with Gasteiger partial charge in [-0.3, -0.25) is 14.9 Å². The number of hydrogen-bond donors (Lipinski definition) is 3. The van der Waals surface area contributed by atoms with E-state index >= 15 is 0 Å². The quantitative estimate of drug-likeness (QED) is 0.629. The third-order valence-electron chi connectivity index (χ3n) is 4.55. The molecule has 2 heterocycles. The van der Waals surface area contributed by atoms with E-state index < -0.39 is 11.9 Å². The lowest BCUT2D eigenvalue weighted by atomic mass is 9.92. The molecule has 1 fully saturated rings. The highest BCUT2D eigenvalue weighted by Gasteiger charge is 2.31. The van der Waals surface area contributed by atoms with Gasteiger partial charge >= 0.3 is 5.97 Å². The molecule has 0 aliphatic carbocycles. The highest BCUT2D eigenvalue weighted by Crippen LogP contribution is 2.27. The first-order valence-electron chi connectivity index (χ1n) is 8.96. The fourth-order valence-electron chi connectivity index (χ4n) is 3.78. The second-order valence-corrected chi connectivity index (χ2v) is 7.15. The molecule has 0 bridgehead atoms. The molecule has 8 heteroatoms. The smallest absolute Gasteiger partial charge is 0.342 e. The molecule has 1 aromatic heterocycles. The van der Waals surface area contributed by atoms with E-state index in [9.17, 15) is 14.4 Å². The summed E-state index contributed by atoms with van der Waals surface area (Å²) in [4.78, 5) is 37.5. The van der Waals surface area contributed by atoms with E-state index in [1.807, 2.05) is 0 Å². The molecule has 26 heavy (non-hydrogen) atoms. The van der Waals surface area contributed by atoms with E-state index in [0.717, 1.165) is 19.5 Å². The first kappa shape index (κ1) is 20.0. The fourth-order valence-corrected chi connectivity index (χ4v) is 3.78. The summed E-state index contributed by atoms with van der Waals surface area (Å²) in [5.74, 6) is -0.637. The molecule has 0 saturated carbocycles. The maximum Gasteiger partial charge on any atom is 0.342 e. The number of anilines is 1. The average Bonchev–Trinajstić information content (AvgIpc) is 2.82. The molecule has 0 radical (unpaired) electrons. The van der Waals surface area contributed by atoms with Gasteiger partial charge < -0.3 is 19.8 Å². The molecule has 3 atom stereocenters. The molecule has 2 amide bonds. The SMILES string of the molecule is CCOC(=O)c1c(C)oc(NC(=O)C[NH+]2C[C@H](C)C[C@H](C)C2)c1C(N)=O. The van der Waals surface area contributed by atoms with Gasteiger partial charge in [-0.25, -0.2) is 4.79 Å². The van der Waals surface area contributed by atoms with Crippen molar-refractivity contribution in [3.8, 4) is 0 Å². The highest BCUT2D eigenvalue weighted by molar-refractivity contribution is 6.10. The summed E-state index contributed by atoms with van der Waals surface area (Å²) in [5, 5.41) is 2.59. The first-order valence-corrected chi connectivity index (χ1v) is 8.96. The van der Waals surface area contributed by atoms with Crippen molar-refractivity contribution < 1.29 is 28.4 Å². The van der Waals surface area contributed by atoms with Crippen LogP contribution in [-0.4, -0.2) is 44.0 Å². The first-order chi connectivity index (χ1) is 12.2. The number of furan rings is 1. The van der Waals surface area contributed by atoms with Gasteiger partial charge in [0.05, 0.1) is 19.7 Å². The summed E-state index contributed by atoms with van der Waals surface area (Å²) >= 11 is 0. The van der Waals surface area contributed by atoms with E-state index in [4.69, 9.17) is 14.9 Å². The summed E-state index contributed by atoms with van der Waals surface area (Å²) in [6.07, 6.45) is 1.16. The van der Waals surface area contributed by atoms with Crippen LogP contribution in [-0.2, 0) is 9.53 Å². The minimum atomic E-state index is -0.854. The maximum absolute atomic E-state index is 12.4. The van der Waals surface area contributed by atoms with Gasteiger partial charge in [-0.05, 0) is 20.3 Å². The standard InChI is InChI=1S/C18H27N3O5/c1-5-25-18(24)14-12(4)26-17(15(14)16(19)23)20-13(22)9-21-7-10(2)6-11(3)8-21/h10-11H,5-9H2,1-4H3,(H2,19,23)(H,20,22)/p+1/t10-,11+. The number of ether oxygens (including phenoxy) is 1. The molecule has 1 aliphatic rings. The van der Waals surface area contributed by atoms with Crippen LogP contribution >= 0.6 is 0 Å². The van der Waals surface area contributed by atoms with Crippen LogP contribution in [0.3, 0.4) is 0 Å². The monoisotopic (exact) mass is 366 g/mol. The van der Waals surface area contributed by atoms with Gasteiger partial charge in [-0.1, -0.05) is 13.8 Å². The minimum Gasteiger partial charge on any atom is -0.462 e. The van der Waals surface area contributed by atoms with E-state index in [-0.39, 0.29) is 41.8 Å². The van der Waals surface area contributed by atoms with Crippen LogP contribution in [0.1, 0.15) is 53.7 Å². The molecule has 0 aromatic carbocycles. The molecule has 8 nitrogen and oxygen atoms in total. The predicted octanol–water partition coefficient (Wildman–Crippen LogP) is 0.363. The number of carbonyl (C=O) groups excluding carboxylic acids is 3. The van der Waals surface area contributed by atoms with Gasteiger partial charge in [0, 0.05) is 11.8 Å². The molecule has 1 saturated heterocycles. The number of esters is 1.